The quantitative estimate of drug-likeness (QED) is 0.213. The predicted molar refractivity (Wildman–Crippen MR) is 154 cm³/mol. The zero-order chi connectivity index (χ0) is 32.9. The smallest absolute Gasteiger partial charge is 0.334 e. The standard InChI is InChI=1S/C28H43F2N7O6/c1-17(2)23(26(41)35(3)20(24(32)39)15-18-11-7-6-8-12-18)34-22(38)16-33-27(42)37(5)28(43)36(4)25(40)19(31)13-9-10-14-21(29)30/h6-8,11-12,17,19-21,23H,9-10,13-16,31H2,1-5H3,(H2,32,39)(H,33,42)(H,34,38)/t19-,20?,23+/m0/s1. The Balaban J connectivity index is 2.73. The molecule has 0 bridgehead atoms. The van der Waals surface area contributed by atoms with Gasteiger partial charge in [-0.15, -0.1) is 0 Å². The molecule has 1 unspecified atom stereocenters. The minimum atomic E-state index is -2.46. The highest BCUT2D eigenvalue weighted by Gasteiger charge is 2.33. The van der Waals surface area contributed by atoms with E-state index in [1.807, 2.05) is 6.07 Å². The first-order chi connectivity index (χ1) is 20.1. The summed E-state index contributed by atoms with van der Waals surface area (Å²) in [5, 5.41) is 4.78. The summed E-state index contributed by atoms with van der Waals surface area (Å²) in [6, 6.07) is 3.79. The van der Waals surface area contributed by atoms with E-state index in [9.17, 15) is 37.5 Å². The van der Waals surface area contributed by atoms with Crippen LogP contribution < -0.4 is 22.1 Å². The molecule has 0 aliphatic heterocycles. The predicted octanol–water partition coefficient (Wildman–Crippen LogP) is 1.05. The van der Waals surface area contributed by atoms with E-state index >= 15 is 0 Å². The number of nitrogens with zero attached hydrogens (tertiary/aromatic N) is 3. The fourth-order valence-electron chi connectivity index (χ4n) is 4.09. The molecule has 0 saturated heterocycles. The first kappa shape index (κ1) is 36.9. The molecular weight excluding hydrogens is 568 g/mol. The van der Waals surface area contributed by atoms with Gasteiger partial charge in [0.2, 0.25) is 30.1 Å². The summed E-state index contributed by atoms with van der Waals surface area (Å²) in [7, 11) is 3.62. The Labute approximate surface area is 250 Å². The summed E-state index contributed by atoms with van der Waals surface area (Å²) in [6.07, 6.45) is -2.10. The number of likely N-dealkylation sites (N-methyl/N-ethyl adjacent to an activating group) is 2. The zero-order valence-corrected chi connectivity index (χ0v) is 25.2. The van der Waals surface area contributed by atoms with Crippen molar-refractivity contribution in [2.45, 2.75) is 70.5 Å². The maximum Gasteiger partial charge on any atom is 0.334 e. The van der Waals surface area contributed by atoms with Crippen LogP contribution in [0.15, 0.2) is 30.3 Å². The van der Waals surface area contributed by atoms with E-state index in [1.165, 1.54) is 11.9 Å². The van der Waals surface area contributed by atoms with Crippen LogP contribution in [0.3, 0.4) is 0 Å². The normalized spacial score (nSPS) is 13.1. The highest BCUT2D eigenvalue weighted by atomic mass is 19.3. The number of nitrogens with two attached hydrogens (primary N) is 2. The topological polar surface area (TPSA) is 188 Å². The molecular formula is C28H43F2N7O6. The van der Waals surface area contributed by atoms with Crippen LogP contribution in [0.25, 0.3) is 0 Å². The van der Waals surface area contributed by atoms with E-state index in [2.05, 4.69) is 10.6 Å². The number of imide groups is 2. The van der Waals surface area contributed by atoms with Crippen LogP contribution in [0.2, 0.25) is 0 Å². The van der Waals surface area contributed by atoms with Gasteiger partial charge in [-0.25, -0.2) is 23.3 Å². The minimum Gasteiger partial charge on any atom is -0.368 e. The molecule has 0 aliphatic carbocycles. The number of alkyl halides is 2. The molecule has 0 saturated carbocycles. The number of unbranched alkanes of at least 4 members (excludes halogenated alkanes) is 1. The lowest BCUT2D eigenvalue weighted by molar-refractivity contribution is -0.141. The van der Waals surface area contributed by atoms with Crippen LogP contribution in [0, 0.1) is 5.92 Å². The van der Waals surface area contributed by atoms with Crippen molar-refractivity contribution in [3.8, 4) is 0 Å². The van der Waals surface area contributed by atoms with Crippen molar-refractivity contribution < 1.29 is 37.5 Å². The van der Waals surface area contributed by atoms with Crippen LogP contribution in [0.4, 0.5) is 18.4 Å². The fourth-order valence-corrected chi connectivity index (χ4v) is 4.09. The van der Waals surface area contributed by atoms with Gasteiger partial charge in [0, 0.05) is 34.0 Å². The van der Waals surface area contributed by atoms with E-state index < -0.39 is 72.7 Å². The van der Waals surface area contributed by atoms with E-state index in [0.717, 1.165) is 19.7 Å². The monoisotopic (exact) mass is 611 g/mol. The zero-order valence-electron chi connectivity index (χ0n) is 25.2. The third kappa shape index (κ3) is 11.9. The van der Waals surface area contributed by atoms with Gasteiger partial charge in [-0.3, -0.25) is 24.1 Å². The molecule has 0 fully saturated rings. The average molecular weight is 612 g/mol. The van der Waals surface area contributed by atoms with Crippen LogP contribution in [-0.2, 0) is 25.6 Å². The third-order valence-electron chi connectivity index (χ3n) is 6.78. The van der Waals surface area contributed by atoms with Crippen LogP contribution in [0.5, 0.6) is 0 Å². The Kier molecular flexibility index (Phi) is 15.2. The molecule has 1 rings (SSSR count). The number of benzene rings is 1. The molecule has 3 atom stereocenters. The molecule has 0 heterocycles. The summed E-state index contributed by atoms with van der Waals surface area (Å²) >= 11 is 0. The molecule has 0 spiro atoms. The second-order valence-electron chi connectivity index (χ2n) is 10.5. The second-order valence-corrected chi connectivity index (χ2v) is 10.5. The van der Waals surface area contributed by atoms with Gasteiger partial charge in [-0.2, -0.15) is 0 Å². The number of carbonyl (C=O) groups excluding carboxylic acids is 6. The Hall–Kier alpha value is -4.14. The van der Waals surface area contributed by atoms with Crippen LogP contribution in [0.1, 0.15) is 45.1 Å². The molecule has 43 heavy (non-hydrogen) atoms. The van der Waals surface area contributed by atoms with Crippen molar-refractivity contribution in [2.24, 2.45) is 17.4 Å². The first-order valence-corrected chi connectivity index (χ1v) is 13.8. The van der Waals surface area contributed by atoms with E-state index in [4.69, 9.17) is 11.5 Å². The van der Waals surface area contributed by atoms with Crippen molar-refractivity contribution in [3.05, 3.63) is 35.9 Å². The van der Waals surface area contributed by atoms with Gasteiger partial charge in [0.25, 0.3) is 0 Å². The summed E-state index contributed by atoms with van der Waals surface area (Å²) in [4.78, 5) is 78.0. The number of nitrogens with one attached hydrogen (secondary N) is 2. The largest absolute Gasteiger partial charge is 0.368 e. The lowest BCUT2D eigenvalue weighted by Crippen LogP contribution is -2.57. The van der Waals surface area contributed by atoms with Gasteiger partial charge < -0.3 is 27.0 Å². The number of hydrogen-bond acceptors (Lipinski definition) is 7. The first-order valence-electron chi connectivity index (χ1n) is 13.8. The highest BCUT2D eigenvalue weighted by Crippen LogP contribution is 2.13. The molecule has 6 N–H and O–H groups in total. The highest BCUT2D eigenvalue weighted by molar-refractivity contribution is 6.03. The van der Waals surface area contributed by atoms with Gasteiger partial charge in [0.1, 0.15) is 12.1 Å². The molecule has 240 valence electrons. The van der Waals surface area contributed by atoms with E-state index in [-0.39, 0.29) is 32.1 Å². The van der Waals surface area contributed by atoms with Gasteiger partial charge >= 0.3 is 12.1 Å². The molecule has 8 amide bonds. The second kappa shape index (κ2) is 17.7. The maximum absolute atomic E-state index is 13.3. The summed E-state index contributed by atoms with van der Waals surface area (Å²) in [5.74, 6) is -3.23. The molecule has 1 aromatic rings. The molecule has 0 aliphatic rings. The summed E-state index contributed by atoms with van der Waals surface area (Å²) in [6.45, 7) is 2.77. The van der Waals surface area contributed by atoms with Gasteiger partial charge in [-0.05, 0) is 24.3 Å². The number of hydrogen-bond donors (Lipinski definition) is 4. The maximum atomic E-state index is 13.3. The Bertz CT molecular complexity index is 1120. The van der Waals surface area contributed by atoms with Crippen LogP contribution >= 0.6 is 0 Å². The lowest BCUT2D eigenvalue weighted by Gasteiger charge is -2.31. The van der Waals surface area contributed by atoms with E-state index in [0.29, 0.717) is 9.80 Å². The Morgan fingerprint density at radius 1 is 0.884 bits per heavy atom. The summed E-state index contributed by atoms with van der Waals surface area (Å²) in [5.41, 5.74) is 12.1. The number of urea groups is 2. The Morgan fingerprint density at radius 3 is 2.00 bits per heavy atom. The van der Waals surface area contributed by atoms with Crippen molar-refractivity contribution in [1.82, 2.24) is 25.3 Å². The summed E-state index contributed by atoms with van der Waals surface area (Å²) < 4.78 is 24.5. The van der Waals surface area contributed by atoms with Crippen molar-refractivity contribution in [3.63, 3.8) is 0 Å². The number of amides is 8. The SMILES string of the molecule is CC(C)[C@@H](NC(=O)CNC(=O)N(C)C(=O)N(C)C(=O)[C@@H](N)CCCCC(F)F)C(=O)N(C)C(Cc1ccccc1)C(N)=O. The number of halogens is 2. The number of rotatable bonds is 15. The van der Waals surface area contributed by atoms with Gasteiger partial charge in [-0.1, -0.05) is 50.6 Å². The van der Waals surface area contributed by atoms with Gasteiger partial charge in [0.05, 0.1) is 12.6 Å². The fraction of sp³-hybridized carbons (Fsp3) is 0.571. The average Bonchev–Trinajstić information content (AvgIpc) is 2.97. The molecule has 1 aromatic carbocycles. The molecule has 13 nitrogen and oxygen atoms in total. The number of primary amides is 1. The van der Waals surface area contributed by atoms with Crippen molar-refractivity contribution in [2.75, 3.05) is 27.7 Å². The van der Waals surface area contributed by atoms with E-state index in [1.54, 1.807) is 38.1 Å². The third-order valence-corrected chi connectivity index (χ3v) is 6.78. The molecule has 0 radical (unpaired) electrons. The molecule has 15 heteroatoms. The van der Waals surface area contributed by atoms with Crippen molar-refractivity contribution in [1.29, 1.82) is 0 Å². The van der Waals surface area contributed by atoms with Crippen molar-refractivity contribution >= 4 is 35.7 Å². The minimum absolute atomic E-state index is 0.0800. The lowest BCUT2D eigenvalue weighted by atomic mass is 9.99. The number of carbonyl (C=O) groups is 6. The van der Waals surface area contributed by atoms with Gasteiger partial charge in [0.15, 0.2) is 0 Å². The molecule has 0 aromatic heterocycles. The van der Waals surface area contributed by atoms with Crippen LogP contribution in [-0.4, -0.2) is 103 Å². The Morgan fingerprint density at radius 2 is 1.47 bits per heavy atom.